The average Bonchev–Trinajstić information content (AvgIpc) is 3.12. The second-order valence-electron chi connectivity index (χ2n) is 4.54. The molecule has 1 saturated carbocycles. The second kappa shape index (κ2) is 3.80. The van der Waals surface area contributed by atoms with Crippen LogP contribution < -0.4 is 5.56 Å². The van der Waals surface area contributed by atoms with Gasteiger partial charge in [-0.15, -0.1) is 0 Å². The summed E-state index contributed by atoms with van der Waals surface area (Å²) in [6.45, 7) is 1.98. The predicted octanol–water partition coefficient (Wildman–Crippen LogP) is 2.02. The first kappa shape index (κ1) is 10.2. The maximum Gasteiger partial charge on any atom is 0.251 e. The van der Waals surface area contributed by atoms with Crippen molar-refractivity contribution in [3.8, 4) is 11.3 Å². The first-order valence-corrected chi connectivity index (χ1v) is 5.75. The van der Waals surface area contributed by atoms with Crippen LogP contribution in [-0.2, 0) is 0 Å². The van der Waals surface area contributed by atoms with Crippen LogP contribution >= 0.6 is 0 Å². The highest BCUT2D eigenvalue weighted by molar-refractivity contribution is 5.58. The number of pyridine rings is 1. The quantitative estimate of drug-likeness (QED) is 0.853. The number of H-pyrrole nitrogens is 1. The molecule has 2 heterocycles. The Kier molecular flexibility index (Phi) is 2.28. The third kappa shape index (κ3) is 2.11. The minimum absolute atomic E-state index is 0.0848. The maximum atomic E-state index is 11.6. The number of hydrogen-bond acceptors (Lipinski definition) is 3. The number of aromatic nitrogens is 3. The van der Waals surface area contributed by atoms with Crippen LogP contribution in [0.15, 0.2) is 29.3 Å². The fraction of sp³-hybridized carbons (Fsp3) is 0.308. The Bertz CT molecular complexity index is 614. The molecule has 0 bridgehead atoms. The molecule has 1 aliphatic rings. The van der Waals surface area contributed by atoms with Crippen LogP contribution in [-0.4, -0.2) is 15.0 Å². The summed E-state index contributed by atoms with van der Waals surface area (Å²) in [5.41, 5.74) is 2.60. The summed E-state index contributed by atoms with van der Waals surface area (Å²) in [7, 11) is 0. The lowest BCUT2D eigenvalue weighted by molar-refractivity contribution is 0.911. The van der Waals surface area contributed by atoms with Gasteiger partial charge in [0, 0.05) is 29.9 Å². The van der Waals surface area contributed by atoms with Crippen molar-refractivity contribution >= 4 is 0 Å². The molecule has 2 aromatic heterocycles. The van der Waals surface area contributed by atoms with Gasteiger partial charge in [0.2, 0.25) is 0 Å². The molecule has 0 amide bonds. The van der Waals surface area contributed by atoms with Crippen molar-refractivity contribution in [1.29, 1.82) is 0 Å². The molecule has 0 radical (unpaired) electrons. The van der Waals surface area contributed by atoms with Crippen LogP contribution in [0, 0.1) is 6.92 Å². The number of rotatable bonds is 2. The van der Waals surface area contributed by atoms with E-state index in [0.29, 0.717) is 11.6 Å². The van der Waals surface area contributed by atoms with Crippen LogP contribution in [0.2, 0.25) is 0 Å². The topological polar surface area (TPSA) is 58.6 Å². The van der Waals surface area contributed by atoms with E-state index in [0.717, 1.165) is 29.8 Å². The molecule has 86 valence electrons. The summed E-state index contributed by atoms with van der Waals surface area (Å²) in [5.74, 6) is 1.26. The molecule has 0 spiro atoms. The molecular formula is C13H13N3O. The molecule has 0 unspecified atom stereocenters. The lowest BCUT2D eigenvalue weighted by Gasteiger charge is -2.03. The van der Waals surface area contributed by atoms with E-state index in [2.05, 4.69) is 15.0 Å². The van der Waals surface area contributed by atoms with E-state index in [9.17, 15) is 4.79 Å². The number of hydrogen-bond donors (Lipinski definition) is 1. The standard InChI is InChI=1S/C13H13N3O/c1-8-4-10(7-14-6-8)11-5-12(17)16-13(15-11)9-2-3-9/h4-7,9H,2-3H2,1H3,(H,15,16,17). The zero-order chi connectivity index (χ0) is 11.8. The number of aromatic amines is 1. The van der Waals surface area contributed by atoms with Gasteiger partial charge in [-0.1, -0.05) is 0 Å². The zero-order valence-corrected chi connectivity index (χ0v) is 9.60. The van der Waals surface area contributed by atoms with E-state index in [4.69, 9.17) is 0 Å². The molecule has 0 saturated heterocycles. The van der Waals surface area contributed by atoms with Crippen molar-refractivity contribution in [2.24, 2.45) is 0 Å². The van der Waals surface area contributed by atoms with Crippen LogP contribution in [0.3, 0.4) is 0 Å². The van der Waals surface area contributed by atoms with Gasteiger partial charge in [-0.2, -0.15) is 0 Å². The smallest absolute Gasteiger partial charge is 0.251 e. The largest absolute Gasteiger partial charge is 0.310 e. The molecule has 1 N–H and O–H groups in total. The summed E-state index contributed by atoms with van der Waals surface area (Å²) >= 11 is 0. The fourth-order valence-electron chi connectivity index (χ4n) is 1.87. The van der Waals surface area contributed by atoms with Crippen LogP contribution in [0.5, 0.6) is 0 Å². The number of aryl methyl sites for hydroxylation is 1. The molecule has 0 aliphatic heterocycles. The molecular weight excluding hydrogens is 214 g/mol. The minimum Gasteiger partial charge on any atom is -0.310 e. The molecule has 4 heteroatoms. The summed E-state index contributed by atoms with van der Waals surface area (Å²) < 4.78 is 0. The van der Waals surface area contributed by atoms with Gasteiger partial charge in [-0.25, -0.2) is 4.98 Å². The highest BCUT2D eigenvalue weighted by Gasteiger charge is 2.26. The van der Waals surface area contributed by atoms with Crippen molar-refractivity contribution in [3.63, 3.8) is 0 Å². The van der Waals surface area contributed by atoms with E-state index in [1.807, 2.05) is 13.0 Å². The Hall–Kier alpha value is -1.97. The van der Waals surface area contributed by atoms with Gasteiger partial charge in [0.25, 0.3) is 5.56 Å². The summed E-state index contributed by atoms with van der Waals surface area (Å²) in [5, 5.41) is 0. The molecule has 2 aromatic rings. The van der Waals surface area contributed by atoms with Crippen LogP contribution in [0.25, 0.3) is 11.3 Å². The third-order valence-corrected chi connectivity index (χ3v) is 2.89. The van der Waals surface area contributed by atoms with Crippen molar-refractivity contribution in [2.45, 2.75) is 25.7 Å². The van der Waals surface area contributed by atoms with Crippen molar-refractivity contribution in [1.82, 2.24) is 15.0 Å². The first-order chi connectivity index (χ1) is 8.22. The van der Waals surface area contributed by atoms with Crippen molar-refractivity contribution in [3.05, 3.63) is 46.3 Å². The van der Waals surface area contributed by atoms with Gasteiger partial charge in [-0.05, 0) is 31.4 Å². The molecule has 1 aliphatic carbocycles. The Morgan fingerprint density at radius 2 is 2.12 bits per heavy atom. The van der Waals surface area contributed by atoms with Gasteiger partial charge in [-0.3, -0.25) is 9.78 Å². The predicted molar refractivity (Wildman–Crippen MR) is 64.8 cm³/mol. The highest BCUT2D eigenvalue weighted by Crippen LogP contribution is 2.37. The third-order valence-electron chi connectivity index (χ3n) is 2.89. The fourth-order valence-corrected chi connectivity index (χ4v) is 1.87. The first-order valence-electron chi connectivity index (χ1n) is 5.75. The van der Waals surface area contributed by atoms with E-state index in [-0.39, 0.29) is 5.56 Å². The number of nitrogens with zero attached hydrogens (tertiary/aromatic N) is 2. The van der Waals surface area contributed by atoms with Crippen LogP contribution in [0.1, 0.15) is 30.1 Å². The average molecular weight is 227 g/mol. The van der Waals surface area contributed by atoms with Crippen LogP contribution in [0.4, 0.5) is 0 Å². The summed E-state index contributed by atoms with van der Waals surface area (Å²) in [6, 6.07) is 3.52. The molecule has 0 aromatic carbocycles. The highest BCUT2D eigenvalue weighted by atomic mass is 16.1. The van der Waals surface area contributed by atoms with Gasteiger partial charge in [0.05, 0.1) is 5.69 Å². The Morgan fingerprint density at radius 1 is 1.29 bits per heavy atom. The Labute approximate surface area is 98.8 Å². The monoisotopic (exact) mass is 227 g/mol. The molecule has 17 heavy (non-hydrogen) atoms. The van der Waals surface area contributed by atoms with Crippen molar-refractivity contribution < 1.29 is 0 Å². The SMILES string of the molecule is Cc1cncc(-c2cc(=O)[nH]c(C3CC3)n2)c1. The molecule has 0 atom stereocenters. The van der Waals surface area contributed by atoms with E-state index < -0.39 is 0 Å². The zero-order valence-electron chi connectivity index (χ0n) is 9.60. The van der Waals surface area contributed by atoms with Gasteiger partial charge >= 0.3 is 0 Å². The summed E-state index contributed by atoms with van der Waals surface area (Å²) in [4.78, 5) is 23.0. The normalized spacial score (nSPS) is 14.9. The van der Waals surface area contributed by atoms with Gasteiger partial charge in [0.1, 0.15) is 5.82 Å². The van der Waals surface area contributed by atoms with Gasteiger partial charge in [0.15, 0.2) is 0 Å². The maximum absolute atomic E-state index is 11.6. The van der Waals surface area contributed by atoms with E-state index >= 15 is 0 Å². The van der Waals surface area contributed by atoms with E-state index in [1.54, 1.807) is 12.4 Å². The molecule has 3 rings (SSSR count). The second-order valence-corrected chi connectivity index (χ2v) is 4.54. The van der Waals surface area contributed by atoms with Crippen molar-refractivity contribution in [2.75, 3.05) is 0 Å². The lowest BCUT2D eigenvalue weighted by Crippen LogP contribution is -2.10. The number of nitrogens with one attached hydrogen (secondary N) is 1. The molecule has 4 nitrogen and oxygen atoms in total. The van der Waals surface area contributed by atoms with E-state index in [1.165, 1.54) is 6.07 Å². The summed E-state index contributed by atoms with van der Waals surface area (Å²) in [6.07, 6.45) is 5.78. The molecule has 1 fully saturated rings. The lowest BCUT2D eigenvalue weighted by atomic mass is 10.1. The Morgan fingerprint density at radius 3 is 2.82 bits per heavy atom. The Balaban J connectivity index is 2.10. The van der Waals surface area contributed by atoms with Gasteiger partial charge < -0.3 is 4.98 Å². The minimum atomic E-state index is -0.0848.